The molecule has 1 heterocycles. The van der Waals surface area contributed by atoms with Crippen molar-refractivity contribution < 1.29 is 9.13 Å². The summed E-state index contributed by atoms with van der Waals surface area (Å²) in [7, 11) is 0. The van der Waals surface area contributed by atoms with Crippen LogP contribution in [0.1, 0.15) is 6.92 Å². The minimum absolute atomic E-state index is 0.275. The van der Waals surface area contributed by atoms with Gasteiger partial charge in [-0.15, -0.1) is 12.6 Å². The molecule has 0 bridgehead atoms. The van der Waals surface area contributed by atoms with Crippen molar-refractivity contribution in [3.8, 4) is 5.06 Å². The van der Waals surface area contributed by atoms with E-state index in [0.29, 0.717) is 17.1 Å². The number of benzene rings is 1. The summed E-state index contributed by atoms with van der Waals surface area (Å²) in [5.74, 6) is -0.275. The van der Waals surface area contributed by atoms with Gasteiger partial charge in [0, 0.05) is 10.3 Å². The maximum atomic E-state index is 13.6. The molecule has 74 valence electrons. The van der Waals surface area contributed by atoms with Gasteiger partial charge in [-0.25, -0.2) is 4.39 Å². The Bertz CT molecular complexity index is 464. The molecular weight excluding hydrogens is 219 g/mol. The lowest BCUT2D eigenvalue weighted by Crippen LogP contribution is -1.89. The van der Waals surface area contributed by atoms with Gasteiger partial charge in [0.2, 0.25) is 5.06 Å². The fourth-order valence-corrected chi connectivity index (χ4v) is 2.62. The molecule has 0 atom stereocenters. The molecule has 0 spiro atoms. The lowest BCUT2D eigenvalue weighted by atomic mass is 10.2. The van der Waals surface area contributed by atoms with Crippen molar-refractivity contribution in [2.75, 3.05) is 6.61 Å². The highest BCUT2D eigenvalue weighted by molar-refractivity contribution is 7.80. The molecule has 0 saturated heterocycles. The van der Waals surface area contributed by atoms with E-state index in [-0.39, 0.29) is 5.82 Å². The summed E-state index contributed by atoms with van der Waals surface area (Å²) < 4.78 is 19.7. The number of fused-ring (bicyclic) bond motifs is 1. The maximum absolute atomic E-state index is 13.6. The summed E-state index contributed by atoms with van der Waals surface area (Å²) in [6, 6.07) is 5.37. The first-order valence-electron chi connectivity index (χ1n) is 4.26. The smallest absolute Gasteiger partial charge is 0.211 e. The summed E-state index contributed by atoms with van der Waals surface area (Å²) in [5.41, 5.74) is 0. The average molecular weight is 228 g/mol. The second kappa shape index (κ2) is 3.79. The minimum Gasteiger partial charge on any atom is -0.482 e. The van der Waals surface area contributed by atoms with E-state index in [1.165, 1.54) is 11.3 Å². The molecule has 0 radical (unpaired) electrons. The Hall–Kier alpha value is -0.740. The third-order valence-corrected chi connectivity index (χ3v) is 3.53. The largest absolute Gasteiger partial charge is 0.482 e. The van der Waals surface area contributed by atoms with E-state index in [4.69, 9.17) is 4.74 Å². The zero-order valence-corrected chi connectivity index (χ0v) is 9.29. The van der Waals surface area contributed by atoms with Crippen LogP contribution in [-0.4, -0.2) is 6.61 Å². The Morgan fingerprint density at radius 3 is 2.93 bits per heavy atom. The van der Waals surface area contributed by atoms with E-state index in [0.717, 1.165) is 9.60 Å². The molecule has 0 aliphatic rings. The van der Waals surface area contributed by atoms with Gasteiger partial charge < -0.3 is 4.74 Å². The van der Waals surface area contributed by atoms with Gasteiger partial charge in [0.1, 0.15) is 0 Å². The molecule has 0 aliphatic carbocycles. The fraction of sp³-hybridized carbons (Fsp3) is 0.200. The van der Waals surface area contributed by atoms with Crippen LogP contribution >= 0.6 is 24.0 Å². The van der Waals surface area contributed by atoms with Crippen molar-refractivity contribution in [3.05, 3.63) is 24.0 Å². The number of thiol groups is 1. The normalized spacial score (nSPS) is 10.8. The van der Waals surface area contributed by atoms with Crippen LogP contribution in [0.4, 0.5) is 4.39 Å². The molecule has 14 heavy (non-hydrogen) atoms. The summed E-state index contributed by atoms with van der Waals surface area (Å²) in [6.45, 7) is 2.32. The fourth-order valence-electron chi connectivity index (χ4n) is 1.28. The third kappa shape index (κ3) is 1.48. The maximum Gasteiger partial charge on any atom is 0.211 e. The van der Waals surface area contributed by atoms with Crippen molar-refractivity contribution in [3.63, 3.8) is 0 Å². The molecule has 1 aromatic carbocycles. The second-order valence-corrected chi connectivity index (χ2v) is 4.26. The molecule has 0 amide bonds. The van der Waals surface area contributed by atoms with Gasteiger partial charge in [-0.3, -0.25) is 0 Å². The number of halogens is 1. The molecule has 1 aromatic heterocycles. The van der Waals surface area contributed by atoms with E-state index >= 15 is 0 Å². The molecule has 0 fully saturated rings. The monoisotopic (exact) mass is 228 g/mol. The zero-order valence-electron chi connectivity index (χ0n) is 7.58. The van der Waals surface area contributed by atoms with Crippen LogP contribution in [-0.2, 0) is 0 Å². The van der Waals surface area contributed by atoms with Crippen LogP contribution in [0.25, 0.3) is 10.1 Å². The summed E-state index contributed by atoms with van der Waals surface area (Å²) >= 11 is 5.57. The summed E-state index contributed by atoms with van der Waals surface area (Å²) in [4.78, 5) is 0.789. The number of ether oxygens (including phenoxy) is 1. The highest BCUT2D eigenvalue weighted by Crippen LogP contribution is 2.38. The van der Waals surface area contributed by atoms with Gasteiger partial charge in [0.05, 0.1) is 11.3 Å². The quantitative estimate of drug-likeness (QED) is 0.771. The highest BCUT2D eigenvalue weighted by atomic mass is 32.1. The Balaban J connectivity index is 2.67. The van der Waals surface area contributed by atoms with Crippen molar-refractivity contribution >= 4 is 34.1 Å². The number of thiophene rings is 1. The van der Waals surface area contributed by atoms with E-state index in [9.17, 15) is 4.39 Å². The van der Waals surface area contributed by atoms with Crippen LogP contribution in [0.3, 0.4) is 0 Å². The van der Waals surface area contributed by atoms with Gasteiger partial charge in [-0.05, 0) is 13.0 Å². The predicted molar refractivity (Wildman–Crippen MR) is 60.2 cm³/mol. The molecule has 4 heteroatoms. The molecule has 0 unspecified atom stereocenters. The van der Waals surface area contributed by atoms with Crippen LogP contribution in [0, 0.1) is 5.82 Å². The Morgan fingerprint density at radius 1 is 1.50 bits per heavy atom. The van der Waals surface area contributed by atoms with Gasteiger partial charge in [-0.2, -0.15) is 0 Å². The first-order valence-corrected chi connectivity index (χ1v) is 5.53. The average Bonchev–Trinajstić information content (AvgIpc) is 2.48. The minimum atomic E-state index is -0.275. The first kappa shape index (κ1) is 9.80. The number of hydrogen-bond donors (Lipinski definition) is 1. The van der Waals surface area contributed by atoms with Crippen molar-refractivity contribution in [2.24, 2.45) is 0 Å². The van der Waals surface area contributed by atoms with Gasteiger partial charge in [0.25, 0.3) is 0 Å². The van der Waals surface area contributed by atoms with Crippen LogP contribution in [0.5, 0.6) is 5.06 Å². The SMILES string of the molecule is CCOc1sc2c(S)cccc2c1F. The van der Waals surface area contributed by atoms with Crippen molar-refractivity contribution in [2.45, 2.75) is 11.8 Å². The van der Waals surface area contributed by atoms with Gasteiger partial charge >= 0.3 is 0 Å². The predicted octanol–water partition coefficient (Wildman–Crippen LogP) is 3.73. The molecule has 0 aliphatic heterocycles. The van der Waals surface area contributed by atoms with Crippen LogP contribution < -0.4 is 4.74 Å². The Morgan fingerprint density at radius 2 is 2.29 bits per heavy atom. The summed E-state index contributed by atoms with van der Waals surface area (Å²) in [6.07, 6.45) is 0. The molecule has 0 saturated carbocycles. The lowest BCUT2D eigenvalue weighted by Gasteiger charge is -1.96. The van der Waals surface area contributed by atoms with Gasteiger partial charge in [-0.1, -0.05) is 23.5 Å². The zero-order chi connectivity index (χ0) is 10.1. The highest BCUT2D eigenvalue weighted by Gasteiger charge is 2.13. The molecule has 0 N–H and O–H groups in total. The molecule has 2 rings (SSSR count). The van der Waals surface area contributed by atoms with E-state index in [1.54, 1.807) is 12.1 Å². The van der Waals surface area contributed by atoms with Gasteiger partial charge in [0.15, 0.2) is 5.82 Å². The first-order chi connectivity index (χ1) is 6.74. The topological polar surface area (TPSA) is 9.23 Å². The molecule has 2 aromatic rings. The Labute approximate surface area is 90.9 Å². The van der Waals surface area contributed by atoms with Crippen molar-refractivity contribution in [1.82, 2.24) is 0 Å². The molecular formula is C10H9FOS2. The van der Waals surface area contributed by atoms with Crippen LogP contribution in [0.2, 0.25) is 0 Å². The van der Waals surface area contributed by atoms with E-state index in [2.05, 4.69) is 12.6 Å². The Kier molecular flexibility index (Phi) is 2.65. The second-order valence-electron chi connectivity index (χ2n) is 2.79. The van der Waals surface area contributed by atoms with E-state index in [1.807, 2.05) is 13.0 Å². The van der Waals surface area contributed by atoms with E-state index < -0.39 is 0 Å². The van der Waals surface area contributed by atoms with Crippen molar-refractivity contribution in [1.29, 1.82) is 0 Å². The van der Waals surface area contributed by atoms with Crippen LogP contribution in [0.15, 0.2) is 23.1 Å². The standard InChI is InChI=1S/C10H9FOS2/c1-2-12-10-8(11)6-4-3-5-7(13)9(6)14-10/h3-5,13H,2H2,1H3. The summed E-state index contributed by atoms with van der Waals surface area (Å²) in [5, 5.41) is 0.940. The lowest BCUT2D eigenvalue weighted by molar-refractivity contribution is 0.334. The number of rotatable bonds is 2. The number of hydrogen-bond acceptors (Lipinski definition) is 3. The molecule has 1 nitrogen and oxygen atoms in total. The third-order valence-electron chi connectivity index (χ3n) is 1.88.